The Morgan fingerprint density at radius 2 is 1.68 bits per heavy atom. The van der Waals surface area contributed by atoms with Gasteiger partial charge >= 0.3 is 6.61 Å². The number of carbonyl (C=O) groups excluding carboxylic acids is 1. The first kappa shape index (κ1) is 19.8. The Hall–Kier alpha value is -2.93. The van der Waals surface area contributed by atoms with Gasteiger partial charge in [0.1, 0.15) is 5.75 Å². The monoisotopic (exact) mass is 387 g/mol. The summed E-state index contributed by atoms with van der Waals surface area (Å²) in [5.41, 5.74) is 2.57. The molecule has 3 rings (SSSR count). The molecule has 1 aliphatic heterocycles. The molecule has 1 saturated heterocycles. The molecule has 0 aromatic heterocycles. The van der Waals surface area contributed by atoms with Crippen LogP contribution in [0.25, 0.3) is 6.08 Å². The van der Waals surface area contributed by atoms with Crippen molar-refractivity contribution < 1.29 is 18.3 Å². The van der Waals surface area contributed by atoms with Gasteiger partial charge in [0.15, 0.2) is 0 Å². The molecule has 0 aliphatic carbocycles. The van der Waals surface area contributed by atoms with Gasteiger partial charge < -0.3 is 19.9 Å². The van der Waals surface area contributed by atoms with Crippen molar-refractivity contribution in [2.24, 2.45) is 0 Å². The molecule has 28 heavy (non-hydrogen) atoms. The molecule has 5 nitrogen and oxygen atoms in total. The zero-order valence-corrected chi connectivity index (χ0v) is 15.6. The van der Waals surface area contributed by atoms with Crippen LogP contribution in [0.3, 0.4) is 0 Å². The molecule has 1 fully saturated rings. The second-order valence-electron chi connectivity index (χ2n) is 6.61. The number of nitrogens with zero attached hydrogens (tertiary/aromatic N) is 2. The highest BCUT2D eigenvalue weighted by Crippen LogP contribution is 2.19. The normalized spacial score (nSPS) is 15.2. The Labute approximate surface area is 163 Å². The van der Waals surface area contributed by atoms with E-state index in [9.17, 15) is 13.6 Å². The van der Waals surface area contributed by atoms with E-state index in [1.165, 1.54) is 18.2 Å². The molecule has 1 aliphatic rings. The van der Waals surface area contributed by atoms with Crippen LogP contribution in [0.5, 0.6) is 5.75 Å². The third kappa shape index (κ3) is 5.79. The third-order valence-corrected chi connectivity index (χ3v) is 4.54. The summed E-state index contributed by atoms with van der Waals surface area (Å²) in [6.45, 7) is 1.21. The Balaban J connectivity index is 1.52. The average molecular weight is 387 g/mol. The number of amides is 1. The quantitative estimate of drug-likeness (QED) is 0.768. The van der Waals surface area contributed by atoms with Crippen molar-refractivity contribution in [1.82, 2.24) is 4.90 Å². The van der Waals surface area contributed by atoms with Crippen LogP contribution in [-0.2, 0) is 4.79 Å². The molecule has 0 atom stereocenters. The standard InChI is InChI=1S/C21H23F2N3O2/c1-25-12-14-26(15-13-25)18-7-5-17(6-8-18)24-20(27)11-4-16-2-9-19(10-3-16)28-21(22)23/h2-11,21H,12-15H2,1H3,(H,24,27)/b11-4+. The maximum atomic E-state index is 12.1. The first-order valence-corrected chi connectivity index (χ1v) is 9.07. The van der Waals surface area contributed by atoms with Gasteiger partial charge in [0, 0.05) is 43.6 Å². The van der Waals surface area contributed by atoms with E-state index < -0.39 is 6.61 Å². The van der Waals surface area contributed by atoms with Crippen molar-refractivity contribution in [2.75, 3.05) is 43.4 Å². The SMILES string of the molecule is CN1CCN(c2ccc(NC(=O)/C=C/c3ccc(OC(F)F)cc3)cc2)CC1. The molecule has 1 heterocycles. The highest BCUT2D eigenvalue weighted by Gasteiger charge is 2.14. The fraction of sp³-hybridized carbons (Fsp3) is 0.286. The third-order valence-electron chi connectivity index (χ3n) is 4.54. The molecule has 0 radical (unpaired) electrons. The van der Waals surface area contributed by atoms with Gasteiger partial charge in [-0.2, -0.15) is 8.78 Å². The molecule has 7 heteroatoms. The minimum atomic E-state index is -2.85. The summed E-state index contributed by atoms with van der Waals surface area (Å²) in [6.07, 6.45) is 3.01. The van der Waals surface area contributed by atoms with Crippen molar-refractivity contribution in [3.05, 3.63) is 60.2 Å². The van der Waals surface area contributed by atoms with Gasteiger partial charge in [0.05, 0.1) is 0 Å². The number of hydrogen-bond donors (Lipinski definition) is 1. The lowest BCUT2D eigenvalue weighted by Crippen LogP contribution is -2.44. The fourth-order valence-electron chi connectivity index (χ4n) is 2.94. The van der Waals surface area contributed by atoms with Crippen molar-refractivity contribution in [3.8, 4) is 5.75 Å². The first-order valence-electron chi connectivity index (χ1n) is 9.07. The van der Waals surface area contributed by atoms with Crippen molar-refractivity contribution in [3.63, 3.8) is 0 Å². The lowest BCUT2D eigenvalue weighted by atomic mass is 10.2. The summed E-state index contributed by atoms with van der Waals surface area (Å²) in [6, 6.07) is 13.9. The zero-order chi connectivity index (χ0) is 19.9. The molecule has 0 bridgehead atoms. The average Bonchev–Trinajstić information content (AvgIpc) is 2.68. The van der Waals surface area contributed by atoms with Crippen LogP contribution in [0.4, 0.5) is 20.2 Å². The molecular weight excluding hydrogens is 364 g/mol. The number of halogens is 2. The number of nitrogens with one attached hydrogen (secondary N) is 1. The molecule has 1 amide bonds. The molecule has 148 valence electrons. The van der Waals surface area contributed by atoms with Gasteiger partial charge in [0.2, 0.25) is 5.91 Å². The van der Waals surface area contributed by atoms with Gasteiger partial charge in [-0.1, -0.05) is 12.1 Å². The van der Waals surface area contributed by atoms with Gasteiger partial charge in [-0.05, 0) is 55.1 Å². The summed E-state index contributed by atoms with van der Waals surface area (Å²) < 4.78 is 28.6. The number of anilines is 2. The second kappa shape index (κ2) is 9.32. The number of hydrogen-bond acceptors (Lipinski definition) is 4. The van der Waals surface area contributed by atoms with E-state index in [-0.39, 0.29) is 11.7 Å². The Kier molecular flexibility index (Phi) is 6.60. The predicted molar refractivity (Wildman–Crippen MR) is 107 cm³/mol. The van der Waals surface area contributed by atoms with Crippen LogP contribution in [-0.4, -0.2) is 50.6 Å². The predicted octanol–water partition coefficient (Wildman–Crippen LogP) is 3.69. The summed E-state index contributed by atoms with van der Waals surface area (Å²) in [7, 11) is 2.12. The number of benzene rings is 2. The highest BCUT2D eigenvalue weighted by molar-refractivity contribution is 6.02. The maximum absolute atomic E-state index is 12.1. The van der Waals surface area contributed by atoms with Crippen molar-refractivity contribution in [2.45, 2.75) is 6.61 Å². The second-order valence-corrected chi connectivity index (χ2v) is 6.61. The van der Waals surface area contributed by atoms with E-state index in [2.05, 4.69) is 26.9 Å². The fourth-order valence-corrected chi connectivity index (χ4v) is 2.94. The van der Waals surface area contributed by atoms with Crippen LogP contribution in [0.1, 0.15) is 5.56 Å². The number of ether oxygens (including phenoxy) is 1. The highest BCUT2D eigenvalue weighted by atomic mass is 19.3. The lowest BCUT2D eigenvalue weighted by Gasteiger charge is -2.34. The molecular formula is C21H23F2N3O2. The van der Waals surface area contributed by atoms with E-state index in [0.717, 1.165) is 31.9 Å². The number of rotatable bonds is 6. The number of piperazine rings is 1. The Morgan fingerprint density at radius 3 is 2.29 bits per heavy atom. The van der Waals surface area contributed by atoms with E-state index in [0.29, 0.717) is 11.3 Å². The van der Waals surface area contributed by atoms with Crippen LogP contribution >= 0.6 is 0 Å². The van der Waals surface area contributed by atoms with E-state index in [1.54, 1.807) is 18.2 Å². The van der Waals surface area contributed by atoms with Crippen LogP contribution in [0, 0.1) is 0 Å². The molecule has 1 N–H and O–H groups in total. The van der Waals surface area contributed by atoms with Crippen LogP contribution < -0.4 is 15.0 Å². The topological polar surface area (TPSA) is 44.8 Å². The summed E-state index contributed by atoms with van der Waals surface area (Å²) in [4.78, 5) is 16.7. The summed E-state index contributed by atoms with van der Waals surface area (Å²) in [5, 5.41) is 2.81. The first-order chi connectivity index (χ1) is 13.5. The molecule has 2 aromatic rings. The van der Waals surface area contributed by atoms with Gasteiger partial charge in [-0.15, -0.1) is 0 Å². The molecule has 0 spiro atoms. The van der Waals surface area contributed by atoms with E-state index in [4.69, 9.17) is 0 Å². The zero-order valence-electron chi connectivity index (χ0n) is 15.6. The smallest absolute Gasteiger partial charge is 0.387 e. The molecule has 0 saturated carbocycles. The van der Waals surface area contributed by atoms with E-state index in [1.807, 2.05) is 24.3 Å². The number of alkyl halides is 2. The summed E-state index contributed by atoms with van der Waals surface area (Å²) >= 11 is 0. The Morgan fingerprint density at radius 1 is 1.04 bits per heavy atom. The lowest BCUT2D eigenvalue weighted by molar-refractivity contribution is -0.111. The summed E-state index contributed by atoms with van der Waals surface area (Å²) in [5.74, 6) is -0.183. The number of likely N-dealkylation sites (N-methyl/N-ethyl adjacent to an activating group) is 1. The maximum Gasteiger partial charge on any atom is 0.387 e. The molecule has 2 aromatic carbocycles. The molecule has 0 unspecified atom stereocenters. The number of carbonyl (C=O) groups is 1. The minimum Gasteiger partial charge on any atom is -0.435 e. The van der Waals surface area contributed by atoms with E-state index >= 15 is 0 Å². The Bertz CT molecular complexity index is 799. The minimum absolute atomic E-state index is 0.0806. The van der Waals surface area contributed by atoms with Crippen molar-refractivity contribution in [1.29, 1.82) is 0 Å². The van der Waals surface area contributed by atoms with Gasteiger partial charge in [0.25, 0.3) is 0 Å². The largest absolute Gasteiger partial charge is 0.435 e. The van der Waals surface area contributed by atoms with Crippen LogP contribution in [0.15, 0.2) is 54.6 Å². The van der Waals surface area contributed by atoms with Gasteiger partial charge in [-0.25, -0.2) is 0 Å². The van der Waals surface area contributed by atoms with Gasteiger partial charge in [-0.3, -0.25) is 4.79 Å². The van der Waals surface area contributed by atoms with Crippen LogP contribution in [0.2, 0.25) is 0 Å². The van der Waals surface area contributed by atoms with Crippen molar-refractivity contribution >= 4 is 23.4 Å².